The van der Waals surface area contributed by atoms with Gasteiger partial charge in [-0.2, -0.15) is 0 Å². The first-order valence-electron chi connectivity index (χ1n) is 5.59. The molecule has 88 valence electrons. The standard InChI is InChI=1S/C13H24O2/c1-11(2,3)9-7-13(6,15)8-12(4,5)10(9)14/h7,10,14-15H,8H2,1-6H3. The molecule has 1 aliphatic carbocycles. The van der Waals surface area contributed by atoms with Gasteiger partial charge in [-0.3, -0.25) is 0 Å². The van der Waals surface area contributed by atoms with Crippen LogP contribution in [0, 0.1) is 10.8 Å². The Morgan fingerprint density at radius 3 is 2.13 bits per heavy atom. The summed E-state index contributed by atoms with van der Waals surface area (Å²) in [6, 6.07) is 0. The van der Waals surface area contributed by atoms with E-state index in [4.69, 9.17) is 0 Å². The third-order valence-corrected chi connectivity index (χ3v) is 3.18. The van der Waals surface area contributed by atoms with Crippen LogP contribution in [-0.2, 0) is 0 Å². The van der Waals surface area contributed by atoms with Crippen molar-refractivity contribution in [2.45, 2.75) is 59.7 Å². The van der Waals surface area contributed by atoms with E-state index in [2.05, 4.69) is 20.8 Å². The van der Waals surface area contributed by atoms with Crippen LogP contribution in [0.3, 0.4) is 0 Å². The highest BCUT2D eigenvalue weighted by Crippen LogP contribution is 2.45. The molecular formula is C13H24O2. The van der Waals surface area contributed by atoms with Crippen LogP contribution in [0.1, 0.15) is 48.0 Å². The van der Waals surface area contributed by atoms with E-state index in [9.17, 15) is 10.2 Å². The Hall–Kier alpha value is -0.340. The topological polar surface area (TPSA) is 40.5 Å². The van der Waals surface area contributed by atoms with Gasteiger partial charge >= 0.3 is 0 Å². The van der Waals surface area contributed by atoms with Gasteiger partial charge in [-0.25, -0.2) is 0 Å². The average molecular weight is 212 g/mol. The summed E-state index contributed by atoms with van der Waals surface area (Å²) in [7, 11) is 0. The van der Waals surface area contributed by atoms with E-state index in [1.807, 2.05) is 26.8 Å². The van der Waals surface area contributed by atoms with E-state index in [1.54, 1.807) is 0 Å². The summed E-state index contributed by atoms with van der Waals surface area (Å²) in [5, 5.41) is 20.5. The van der Waals surface area contributed by atoms with Crippen LogP contribution in [0.5, 0.6) is 0 Å². The van der Waals surface area contributed by atoms with Gasteiger partial charge in [0.05, 0.1) is 11.7 Å². The lowest BCUT2D eigenvalue weighted by atomic mass is 9.64. The zero-order chi connectivity index (χ0) is 12.1. The molecule has 2 N–H and O–H groups in total. The quantitative estimate of drug-likeness (QED) is 0.606. The van der Waals surface area contributed by atoms with Crippen LogP contribution >= 0.6 is 0 Å². The molecule has 2 unspecified atom stereocenters. The molecule has 0 amide bonds. The molecule has 0 aromatic heterocycles. The van der Waals surface area contributed by atoms with Gasteiger partial charge in [0, 0.05) is 0 Å². The van der Waals surface area contributed by atoms with E-state index in [1.165, 1.54) is 0 Å². The van der Waals surface area contributed by atoms with Crippen molar-refractivity contribution in [3.05, 3.63) is 11.6 Å². The Labute approximate surface area is 93.0 Å². The molecule has 0 spiro atoms. The third-order valence-electron chi connectivity index (χ3n) is 3.18. The van der Waals surface area contributed by atoms with Gasteiger partial charge in [0.2, 0.25) is 0 Å². The molecule has 0 heterocycles. The van der Waals surface area contributed by atoms with Gasteiger partial charge in [0.25, 0.3) is 0 Å². The molecular weight excluding hydrogens is 188 g/mol. The Balaban J connectivity index is 3.20. The average Bonchev–Trinajstić information content (AvgIpc) is 1.92. The Morgan fingerprint density at radius 2 is 1.73 bits per heavy atom. The molecule has 0 aliphatic heterocycles. The molecule has 2 atom stereocenters. The SMILES string of the molecule is CC1(O)C=C(C(C)(C)C)C(O)C(C)(C)C1. The summed E-state index contributed by atoms with van der Waals surface area (Å²) < 4.78 is 0. The second-order valence-electron chi connectivity index (χ2n) is 6.77. The van der Waals surface area contributed by atoms with Gasteiger partial charge in [0.1, 0.15) is 0 Å². The first-order chi connectivity index (χ1) is 6.46. The van der Waals surface area contributed by atoms with Crippen LogP contribution in [0.15, 0.2) is 11.6 Å². The summed E-state index contributed by atoms with van der Waals surface area (Å²) in [4.78, 5) is 0. The molecule has 0 radical (unpaired) electrons. The van der Waals surface area contributed by atoms with E-state index in [0.717, 1.165) is 5.57 Å². The minimum absolute atomic E-state index is 0.0961. The molecule has 0 aromatic rings. The van der Waals surface area contributed by atoms with Crippen molar-refractivity contribution >= 4 is 0 Å². The maximum atomic E-state index is 10.3. The lowest BCUT2D eigenvalue weighted by Gasteiger charge is -2.45. The lowest BCUT2D eigenvalue weighted by Crippen LogP contribution is -2.46. The number of aliphatic hydroxyl groups is 2. The van der Waals surface area contributed by atoms with Gasteiger partial charge in [0.15, 0.2) is 0 Å². The van der Waals surface area contributed by atoms with Crippen molar-refractivity contribution in [2.24, 2.45) is 10.8 Å². The highest BCUT2D eigenvalue weighted by molar-refractivity contribution is 5.27. The minimum atomic E-state index is -0.800. The van der Waals surface area contributed by atoms with Crippen molar-refractivity contribution in [1.82, 2.24) is 0 Å². The minimum Gasteiger partial charge on any atom is -0.388 e. The van der Waals surface area contributed by atoms with Crippen LogP contribution in [0.25, 0.3) is 0 Å². The van der Waals surface area contributed by atoms with Crippen LogP contribution in [-0.4, -0.2) is 21.9 Å². The van der Waals surface area contributed by atoms with Crippen molar-refractivity contribution in [2.75, 3.05) is 0 Å². The second-order valence-corrected chi connectivity index (χ2v) is 6.77. The molecule has 0 fully saturated rings. The maximum Gasteiger partial charge on any atom is 0.0809 e. The summed E-state index contributed by atoms with van der Waals surface area (Å²) in [5.41, 5.74) is -0.212. The fourth-order valence-electron chi connectivity index (χ4n) is 2.53. The van der Waals surface area contributed by atoms with Crippen molar-refractivity contribution < 1.29 is 10.2 Å². The Kier molecular flexibility index (Phi) is 2.82. The first kappa shape index (κ1) is 12.7. The smallest absolute Gasteiger partial charge is 0.0809 e. The van der Waals surface area contributed by atoms with Gasteiger partial charge in [-0.05, 0) is 29.7 Å². The molecule has 1 rings (SSSR count). The fourth-order valence-corrected chi connectivity index (χ4v) is 2.53. The predicted molar refractivity (Wildman–Crippen MR) is 62.6 cm³/mol. The maximum absolute atomic E-state index is 10.3. The molecule has 0 saturated heterocycles. The zero-order valence-corrected chi connectivity index (χ0v) is 10.8. The highest BCUT2D eigenvalue weighted by atomic mass is 16.3. The molecule has 15 heavy (non-hydrogen) atoms. The summed E-state index contributed by atoms with van der Waals surface area (Å²) in [5.74, 6) is 0. The fraction of sp³-hybridized carbons (Fsp3) is 0.846. The number of aliphatic hydroxyl groups excluding tert-OH is 1. The van der Waals surface area contributed by atoms with Crippen LogP contribution in [0.4, 0.5) is 0 Å². The second kappa shape index (κ2) is 3.33. The Morgan fingerprint density at radius 1 is 1.27 bits per heavy atom. The molecule has 0 aromatic carbocycles. The van der Waals surface area contributed by atoms with Gasteiger partial charge in [-0.15, -0.1) is 0 Å². The van der Waals surface area contributed by atoms with Gasteiger partial charge in [-0.1, -0.05) is 40.7 Å². The predicted octanol–water partition coefficient (Wildman–Crippen LogP) is 2.50. The van der Waals surface area contributed by atoms with Crippen molar-refractivity contribution in [1.29, 1.82) is 0 Å². The van der Waals surface area contributed by atoms with Crippen LogP contribution in [0.2, 0.25) is 0 Å². The van der Waals surface area contributed by atoms with Crippen molar-refractivity contribution in [3.63, 3.8) is 0 Å². The van der Waals surface area contributed by atoms with Gasteiger partial charge < -0.3 is 10.2 Å². The first-order valence-corrected chi connectivity index (χ1v) is 5.59. The number of rotatable bonds is 0. The molecule has 1 aliphatic rings. The highest BCUT2D eigenvalue weighted by Gasteiger charge is 2.44. The molecule has 2 nitrogen and oxygen atoms in total. The zero-order valence-electron chi connectivity index (χ0n) is 10.8. The summed E-state index contributed by atoms with van der Waals surface area (Å²) >= 11 is 0. The van der Waals surface area contributed by atoms with Crippen LogP contribution < -0.4 is 0 Å². The lowest BCUT2D eigenvalue weighted by molar-refractivity contribution is -0.0242. The third kappa shape index (κ3) is 2.61. The number of hydrogen-bond donors (Lipinski definition) is 2. The van der Waals surface area contributed by atoms with Crippen molar-refractivity contribution in [3.8, 4) is 0 Å². The number of hydrogen-bond acceptors (Lipinski definition) is 2. The van der Waals surface area contributed by atoms with E-state index >= 15 is 0 Å². The van der Waals surface area contributed by atoms with E-state index in [0.29, 0.717) is 6.42 Å². The largest absolute Gasteiger partial charge is 0.388 e. The normalized spacial score (nSPS) is 36.3. The Bertz CT molecular complexity index is 279. The molecule has 0 bridgehead atoms. The molecule has 2 heteroatoms. The monoisotopic (exact) mass is 212 g/mol. The molecule has 0 saturated carbocycles. The van der Waals surface area contributed by atoms with E-state index < -0.39 is 11.7 Å². The van der Waals surface area contributed by atoms with E-state index in [-0.39, 0.29) is 10.8 Å². The summed E-state index contributed by atoms with van der Waals surface area (Å²) in [6.07, 6.45) is 1.97. The summed E-state index contributed by atoms with van der Waals surface area (Å²) in [6.45, 7) is 12.0.